The fourth-order valence-electron chi connectivity index (χ4n) is 2.61. The SMILES string of the molecule is CCC(C)c1ccc(-c2cn(-c3cc(N)ccc3C)nn2)cc1. The molecule has 3 aromatic rings. The molecule has 0 amide bonds. The maximum atomic E-state index is 5.88. The van der Waals surface area contributed by atoms with E-state index in [1.807, 2.05) is 31.3 Å². The summed E-state index contributed by atoms with van der Waals surface area (Å²) in [6, 6.07) is 14.4. The first-order valence-electron chi connectivity index (χ1n) is 7.97. The quantitative estimate of drug-likeness (QED) is 0.729. The van der Waals surface area contributed by atoms with Crippen LogP contribution in [0.25, 0.3) is 16.9 Å². The fraction of sp³-hybridized carbons (Fsp3) is 0.263. The van der Waals surface area contributed by atoms with E-state index in [0.29, 0.717) is 5.92 Å². The van der Waals surface area contributed by atoms with Gasteiger partial charge in [0, 0.05) is 11.3 Å². The Morgan fingerprint density at radius 3 is 2.57 bits per heavy atom. The fourth-order valence-corrected chi connectivity index (χ4v) is 2.61. The Morgan fingerprint density at radius 2 is 1.87 bits per heavy atom. The van der Waals surface area contributed by atoms with Gasteiger partial charge in [0.25, 0.3) is 0 Å². The van der Waals surface area contributed by atoms with Crippen molar-refractivity contribution < 1.29 is 0 Å². The monoisotopic (exact) mass is 306 g/mol. The second-order valence-corrected chi connectivity index (χ2v) is 6.03. The Kier molecular flexibility index (Phi) is 4.15. The van der Waals surface area contributed by atoms with Crippen molar-refractivity contribution >= 4 is 5.69 Å². The molecule has 0 aliphatic heterocycles. The van der Waals surface area contributed by atoms with Gasteiger partial charge in [-0.2, -0.15) is 0 Å². The van der Waals surface area contributed by atoms with Crippen LogP contribution in [0.3, 0.4) is 0 Å². The number of aromatic nitrogens is 3. The molecule has 0 bridgehead atoms. The van der Waals surface area contributed by atoms with E-state index in [-0.39, 0.29) is 0 Å². The van der Waals surface area contributed by atoms with Crippen molar-refractivity contribution in [2.45, 2.75) is 33.1 Å². The Bertz CT molecular complexity index is 802. The predicted molar refractivity (Wildman–Crippen MR) is 94.7 cm³/mol. The summed E-state index contributed by atoms with van der Waals surface area (Å²) in [5.41, 5.74) is 12.0. The molecule has 0 spiro atoms. The molecular formula is C19H22N4. The molecule has 0 saturated carbocycles. The number of rotatable bonds is 4. The number of nitrogen functional groups attached to an aromatic ring is 1. The first-order chi connectivity index (χ1) is 11.1. The summed E-state index contributed by atoms with van der Waals surface area (Å²) in [5, 5.41) is 8.55. The van der Waals surface area contributed by atoms with Gasteiger partial charge >= 0.3 is 0 Å². The zero-order valence-electron chi connectivity index (χ0n) is 13.8. The van der Waals surface area contributed by atoms with Crippen molar-refractivity contribution in [3.63, 3.8) is 0 Å². The smallest absolute Gasteiger partial charge is 0.113 e. The number of hydrogen-bond donors (Lipinski definition) is 1. The van der Waals surface area contributed by atoms with Crippen LogP contribution in [-0.4, -0.2) is 15.0 Å². The summed E-state index contributed by atoms with van der Waals surface area (Å²) in [7, 11) is 0. The van der Waals surface area contributed by atoms with Crippen molar-refractivity contribution in [2.75, 3.05) is 5.73 Å². The Balaban J connectivity index is 1.91. The maximum absolute atomic E-state index is 5.88. The average Bonchev–Trinajstić information content (AvgIpc) is 3.06. The number of aryl methyl sites for hydroxylation is 1. The van der Waals surface area contributed by atoms with Gasteiger partial charge in [0.1, 0.15) is 5.69 Å². The van der Waals surface area contributed by atoms with E-state index in [2.05, 4.69) is 48.4 Å². The number of nitrogens with two attached hydrogens (primary N) is 1. The Morgan fingerprint density at radius 1 is 1.13 bits per heavy atom. The normalized spacial score (nSPS) is 12.3. The van der Waals surface area contributed by atoms with Crippen molar-refractivity contribution in [2.24, 2.45) is 0 Å². The van der Waals surface area contributed by atoms with Gasteiger partial charge < -0.3 is 5.73 Å². The zero-order chi connectivity index (χ0) is 16.4. The van der Waals surface area contributed by atoms with Crippen molar-refractivity contribution in [1.82, 2.24) is 15.0 Å². The number of anilines is 1. The molecule has 1 atom stereocenters. The first-order valence-corrected chi connectivity index (χ1v) is 7.97. The Labute approximate surface area is 137 Å². The van der Waals surface area contributed by atoms with Crippen LogP contribution < -0.4 is 5.73 Å². The molecule has 0 aliphatic carbocycles. The lowest BCUT2D eigenvalue weighted by Gasteiger charge is -2.08. The minimum atomic E-state index is 0.578. The standard InChI is InChI=1S/C19H22N4/c1-4-13(2)15-6-8-16(9-7-15)18-12-23(22-21-18)19-11-17(20)10-5-14(19)3/h5-13H,4,20H2,1-3H3. The lowest BCUT2D eigenvalue weighted by atomic mass is 9.97. The maximum Gasteiger partial charge on any atom is 0.113 e. The van der Waals surface area contributed by atoms with Gasteiger partial charge in [0.05, 0.1) is 11.9 Å². The summed E-state index contributed by atoms with van der Waals surface area (Å²) in [6.07, 6.45) is 3.09. The predicted octanol–water partition coefficient (Wildman–Crippen LogP) is 4.34. The topological polar surface area (TPSA) is 56.7 Å². The summed E-state index contributed by atoms with van der Waals surface area (Å²) in [4.78, 5) is 0. The Hall–Kier alpha value is -2.62. The van der Waals surface area contributed by atoms with E-state index in [1.54, 1.807) is 4.68 Å². The molecule has 1 aromatic heterocycles. The second kappa shape index (κ2) is 6.24. The molecule has 118 valence electrons. The minimum absolute atomic E-state index is 0.578. The van der Waals surface area contributed by atoms with Gasteiger partial charge in [-0.05, 0) is 42.5 Å². The zero-order valence-corrected chi connectivity index (χ0v) is 13.8. The lowest BCUT2D eigenvalue weighted by Crippen LogP contribution is -1.99. The molecule has 0 aliphatic rings. The molecule has 1 heterocycles. The number of benzene rings is 2. The lowest BCUT2D eigenvalue weighted by molar-refractivity contribution is 0.734. The van der Waals surface area contributed by atoms with E-state index in [4.69, 9.17) is 5.73 Å². The van der Waals surface area contributed by atoms with E-state index >= 15 is 0 Å². The van der Waals surface area contributed by atoms with E-state index in [9.17, 15) is 0 Å². The molecule has 0 fully saturated rings. The minimum Gasteiger partial charge on any atom is -0.399 e. The molecule has 0 saturated heterocycles. The average molecular weight is 306 g/mol. The van der Waals surface area contributed by atoms with Crippen molar-refractivity contribution in [3.05, 3.63) is 59.8 Å². The second-order valence-electron chi connectivity index (χ2n) is 6.03. The van der Waals surface area contributed by atoms with Gasteiger partial charge in [-0.15, -0.1) is 5.10 Å². The largest absolute Gasteiger partial charge is 0.399 e. The highest BCUT2D eigenvalue weighted by Gasteiger charge is 2.09. The summed E-state index contributed by atoms with van der Waals surface area (Å²) < 4.78 is 1.78. The van der Waals surface area contributed by atoms with Gasteiger partial charge in [0.15, 0.2) is 0 Å². The van der Waals surface area contributed by atoms with Crippen LogP contribution in [-0.2, 0) is 0 Å². The molecule has 2 N–H and O–H groups in total. The van der Waals surface area contributed by atoms with Crippen LogP contribution in [0.15, 0.2) is 48.7 Å². The molecule has 2 aromatic carbocycles. The number of hydrogen-bond acceptors (Lipinski definition) is 3. The summed E-state index contributed by atoms with van der Waals surface area (Å²) in [6.45, 7) is 6.49. The molecule has 4 heteroatoms. The third-order valence-electron chi connectivity index (χ3n) is 4.36. The van der Waals surface area contributed by atoms with E-state index in [0.717, 1.165) is 34.6 Å². The van der Waals surface area contributed by atoms with Gasteiger partial charge in [-0.25, -0.2) is 4.68 Å². The van der Waals surface area contributed by atoms with Crippen molar-refractivity contribution in [3.8, 4) is 16.9 Å². The molecule has 1 unspecified atom stereocenters. The van der Waals surface area contributed by atoms with E-state index < -0.39 is 0 Å². The third-order valence-corrected chi connectivity index (χ3v) is 4.36. The van der Waals surface area contributed by atoms with Gasteiger partial charge in [0.2, 0.25) is 0 Å². The highest BCUT2D eigenvalue weighted by molar-refractivity contribution is 5.60. The first kappa shape index (κ1) is 15.3. The molecular weight excluding hydrogens is 284 g/mol. The van der Waals surface area contributed by atoms with Crippen LogP contribution in [0.5, 0.6) is 0 Å². The van der Waals surface area contributed by atoms with Crippen LogP contribution in [0.1, 0.15) is 37.3 Å². The third kappa shape index (κ3) is 3.11. The van der Waals surface area contributed by atoms with Crippen molar-refractivity contribution in [1.29, 1.82) is 0 Å². The number of nitrogens with zero attached hydrogens (tertiary/aromatic N) is 3. The van der Waals surface area contributed by atoms with Crippen LogP contribution in [0, 0.1) is 6.92 Å². The molecule has 4 nitrogen and oxygen atoms in total. The molecule has 0 radical (unpaired) electrons. The highest BCUT2D eigenvalue weighted by atomic mass is 15.4. The highest BCUT2D eigenvalue weighted by Crippen LogP contribution is 2.24. The van der Waals surface area contributed by atoms with Crippen LogP contribution in [0.2, 0.25) is 0 Å². The van der Waals surface area contributed by atoms with Crippen LogP contribution in [0.4, 0.5) is 5.69 Å². The molecule has 23 heavy (non-hydrogen) atoms. The van der Waals surface area contributed by atoms with Gasteiger partial charge in [-0.1, -0.05) is 49.4 Å². The summed E-state index contributed by atoms with van der Waals surface area (Å²) >= 11 is 0. The summed E-state index contributed by atoms with van der Waals surface area (Å²) in [5.74, 6) is 0.578. The van der Waals surface area contributed by atoms with E-state index in [1.165, 1.54) is 5.56 Å². The molecule has 3 rings (SSSR count). The van der Waals surface area contributed by atoms with Crippen LogP contribution >= 0.6 is 0 Å². The van der Waals surface area contributed by atoms with Gasteiger partial charge in [-0.3, -0.25) is 0 Å².